The van der Waals surface area contributed by atoms with Crippen molar-refractivity contribution in [2.45, 2.75) is 24.6 Å². The van der Waals surface area contributed by atoms with Crippen LogP contribution in [0.4, 0.5) is 0 Å². The first kappa shape index (κ1) is 11.9. The van der Waals surface area contributed by atoms with E-state index < -0.39 is 15.3 Å². The molecule has 1 heterocycles. The fourth-order valence-electron chi connectivity index (χ4n) is 1.37. The molecule has 1 aliphatic heterocycles. The fourth-order valence-corrected chi connectivity index (χ4v) is 2.64. The van der Waals surface area contributed by atoms with Crippen molar-refractivity contribution in [1.29, 1.82) is 0 Å². The van der Waals surface area contributed by atoms with Gasteiger partial charge in [0.15, 0.2) is 0 Å². The summed E-state index contributed by atoms with van der Waals surface area (Å²) in [6, 6.07) is -0.0423. The molecule has 0 aromatic rings. The van der Waals surface area contributed by atoms with Gasteiger partial charge in [0.05, 0.1) is 11.9 Å². The van der Waals surface area contributed by atoms with Gasteiger partial charge < -0.3 is 10.1 Å². The Morgan fingerprint density at radius 3 is 2.79 bits per heavy atom. The van der Waals surface area contributed by atoms with E-state index in [4.69, 9.17) is 4.74 Å². The lowest BCUT2D eigenvalue weighted by molar-refractivity contribution is 0.192. The van der Waals surface area contributed by atoms with Crippen molar-refractivity contribution < 1.29 is 13.2 Å². The second-order valence-electron chi connectivity index (χ2n) is 3.59. The number of sulfonamides is 1. The van der Waals surface area contributed by atoms with E-state index in [1.165, 1.54) is 0 Å². The zero-order chi connectivity index (χ0) is 10.6. The van der Waals surface area contributed by atoms with Gasteiger partial charge in [0.1, 0.15) is 0 Å². The van der Waals surface area contributed by atoms with Gasteiger partial charge in [0, 0.05) is 19.2 Å². The van der Waals surface area contributed by atoms with Crippen LogP contribution in [0.15, 0.2) is 0 Å². The van der Waals surface area contributed by atoms with Crippen molar-refractivity contribution in [3.8, 4) is 0 Å². The molecule has 0 spiro atoms. The third-order valence-corrected chi connectivity index (χ3v) is 4.17. The number of hydrogen-bond acceptors (Lipinski definition) is 4. The molecule has 6 heteroatoms. The van der Waals surface area contributed by atoms with Gasteiger partial charge in [0.25, 0.3) is 0 Å². The van der Waals surface area contributed by atoms with Crippen LogP contribution in [0.25, 0.3) is 0 Å². The molecule has 1 saturated heterocycles. The maximum atomic E-state index is 11.7. The molecule has 1 rings (SSSR count). The molecular weight excluding hydrogens is 204 g/mol. The van der Waals surface area contributed by atoms with E-state index in [1.54, 1.807) is 14.0 Å². The summed E-state index contributed by atoms with van der Waals surface area (Å²) in [5.74, 6) is 0. The summed E-state index contributed by atoms with van der Waals surface area (Å²) in [6.07, 6.45) is 0.769. The molecule has 0 saturated carbocycles. The van der Waals surface area contributed by atoms with E-state index in [0.717, 1.165) is 6.42 Å². The highest BCUT2D eigenvalue weighted by atomic mass is 32.2. The summed E-state index contributed by atoms with van der Waals surface area (Å²) >= 11 is 0. The van der Waals surface area contributed by atoms with Crippen LogP contribution in [0, 0.1) is 0 Å². The lowest BCUT2D eigenvalue weighted by atomic mass is 10.3. The summed E-state index contributed by atoms with van der Waals surface area (Å²) in [5, 5.41) is 2.44. The third-order valence-electron chi connectivity index (χ3n) is 2.28. The fraction of sp³-hybridized carbons (Fsp3) is 1.00. The minimum absolute atomic E-state index is 0.0423. The van der Waals surface area contributed by atoms with Crippen LogP contribution in [0.5, 0.6) is 0 Å². The maximum absolute atomic E-state index is 11.7. The van der Waals surface area contributed by atoms with Gasteiger partial charge >= 0.3 is 0 Å². The van der Waals surface area contributed by atoms with Crippen molar-refractivity contribution in [3.63, 3.8) is 0 Å². The van der Waals surface area contributed by atoms with Gasteiger partial charge in [0.2, 0.25) is 10.0 Å². The Kier molecular flexibility index (Phi) is 4.31. The topological polar surface area (TPSA) is 67.4 Å². The van der Waals surface area contributed by atoms with Crippen LogP contribution in [-0.4, -0.2) is 46.5 Å². The predicted octanol–water partition coefficient (Wildman–Crippen LogP) is -0.697. The molecule has 0 aromatic carbocycles. The summed E-state index contributed by atoms with van der Waals surface area (Å²) in [5.41, 5.74) is 0. The summed E-state index contributed by atoms with van der Waals surface area (Å²) in [6.45, 7) is 3.29. The van der Waals surface area contributed by atoms with Gasteiger partial charge in [-0.15, -0.1) is 0 Å². The van der Waals surface area contributed by atoms with Gasteiger partial charge in [-0.05, 0) is 20.4 Å². The van der Waals surface area contributed by atoms with Gasteiger partial charge in [-0.3, -0.25) is 0 Å². The molecule has 0 aliphatic carbocycles. The van der Waals surface area contributed by atoms with Gasteiger partial charge in [-0.1, -0.05) is 0 Å². The van der Waals surface area contributed by atoms with Crippen molar-refractivity contribution in [2.75, 3.05) is 26.8 Å². The molecule has 0 aromatic heterocycles. The molecule has 14 heavy (non-hydrogen) atoms. The van der Waals surface area contributed by atoms with Crippen LogP contribution in [0.2, 0.25) is 0 Å². The molecular formula is C8H18N2O3S. The quantitative estimate of drug-likeness (QED) is 0.645. The molecule has 2 N–H and O–H groups in total. The van der Waals surface area contributed by atoms with Crippen LogP contribution >= 0.6 is 0 Å². The monoisotopic (exact) mass is 222 g/mol. The first-order valence-electron chi connectivity index (χ1n) is 4.79. The van der Waals surface area contributed by atoms with Gasteiger partial charge in [-0.25, -0.2) is 13.1 Å². The summed E-state index contributed by atoms with van der Waals surface area (Å²) in [4.78, 5) is 0. The maximum Gasteiger partial charge on any atom is 0.215 e. The average molecular weight is 222 g/mol. The van der Waals surface area contributed by atoms with Crippen LogP contribution in [0.3, 0.4) is 0 Å². The first-order chi connectivity index (χ1) is 6.56. The Morgan fingerprint density at radius 1 is 1.57 bits per heavy atom. The normalized spacial score (nSPS) is 25.1. The van der Waals surface area contributed by atoms with E-state index >= 15 is 0 Å². The zero-order valence-corrected chi connectivity index (χ0v) is 9.43. The number of ether oxygens (including phenoxy) is 1. The van der Waals surface area contributed by atoms with Crippen LogP contribution < -0.4 is 10.0 Å². The molecule has 1 fully saturated rings. The Balaban J connectivity index is 2.47. The van der Waals surface area contributed by atoms with E-state index in [9.17, 15) is 8.42 Å². The minimum Gasteiger partial charge on any atom is -0.380 e. The van der Waals surface area contributed by atoms with Gasteiger partial charge in [-0.2, -0.15) is 0 Å². The lowest BCUT2D eigenvalue weighted by Crippen LogP contribution is -2.43. The summed E-state index contributed by atoms with van der Waals surface area (Å²) in [7, 11) is -1.46. The van der Waals surface area contributed by atoms with E-state index in [0.29, 0.717) is 19.8 Å². The van der Waals surface area contributed by atoms with E-state index in [2.05, 4.69) is 10.0 Å². The standard InChI is InChI=1S/C8H18N2O3S/c1-7(5-9-2)14(11,12)10-8-3-4-13-6-8/h7-10H,3-6H2,1-2H3. The molecule has 0 amide bonds. The second kappa shape index (κ2) is 5.06. The first-order valence-corrected chi connectivity index (χ1v) is 6.34. The van der Waals surface area contributed by atoms with Crippen molar-refractivity contribution >= 4 is 10.0 Å². The van der Waals surface area contributed by atoms with E-state index in [-0.39, 0.29) is 6.04 Å². The Labute approximate surface area is 85.3 Å². The zero-order valence-electron chi connectivity index (χ0n) is 8.62. The second-order valence-corrected chi connectivity index (χ2v) is 5.72. The smallest absolute Gasteiger partial charge is 0.215 e. The highest BCUT2D eigenvalue weighted by Crippen LogP contribution is 2.07. The Hall–Kier alpha value is -0.170. The highest BCUT2D eigenvalue weighted by molar-refractivity contribution is 7.90. The summed E-state index contributed by atoms with van der Waals surface area (Å²) < 4.78 is 31.1. The average Bonchev–Trinajstić information content (AvgIpc) is 2.56. The van der Waals surface area contributed by atoms with Crippen LogP contribution in [0.1, 0.15) is 13.3 Å². The largest absolute Gasteiger partial charge is 0.380 e. The molecule has 0 radical (unpaired) electrons. The van der Waals surface area contributed by atoms with Crippen molar-refractivity contribution in [1.82, 2.24) is 10.0 Å². The molecule has 0 bridgehead atoms. The SMILES string of the molecule is CNCC(C)S(=O)(=O)NC1CCOC1. The molecule has 2 atom stereocenters. The molecule has 84 valence electrons. The predicted molar refractivity (Wildman–Crippen MR) is 54.7 cm³/mol. The molecule has 1 aliphatic rings. The molecule has 2 unspecified atom stereocenters. The number of hydrogen-bond donors (Lipinski definition) is 2. The lowest BCUT2D eigenvalue weighted by Gasteiger charge is -2.16. The highest BCUT2D eigenvalue weighted by Gasteiger charge is 2.26. The van der Waals surface area contributed by atoms with E-state index in [1.807, 2.05) is 0 Å². The van der Waals surface area contributed by atoms with Crippen LogP contribution in [-0.2, 0) is 14.8 Å². The number of nitrogens with one attached hydrogen (secondary N) is 2. The van der Waals surface area contributed by atoms with Crippen molar-refractivity contribution in [3.05, 3.63) is 0 Å². The number of rotatable bonds is 5. The van der Waals surface area contributed by atoms with Crippen molar-refractivity contribution in [2.24, 2.45) is 0 Å². The third kappa shape index (κ3) is 3.20. The Bertz CT molecular complexity index is 260. The molecule has 5 nitrogen and oxygen atoms in total. The minimum atomic E-state index is -3.20. The Morgan fingerprint density at radius 2 is 2.29 bits per heavy atom.